The molecule has 6 nitrogen and oxygen atoms in total. The molecule has 2 aliphatic carbocycles. The highest BCUT2D eigenvalue weighted by Gasteiger charge is 2.58. The molecule has 128 valence electrons. The summed E-state index contributed by atoms with van der Waals surface area (Å²) in [6.45, 7) is 3.30. The van der Waals surface area contributed by atoms with Crippen LogP contribution in [0.25, 0.3) is 0 Å². The molecule has 1 aromatic rings. The predicted molar refractivity (Wildman–Crippen MR) is 90.2 cm³/mol. The molecule has 3 atom stereocenters. The van der Waals surface area contributed by atoms with Crippen molar-refractivity contribution in [3.05, 3.63) is 63.7 Å². The fourth-order valence-corrected chi connectivity index (χ4v) is 3.94. The fraction of sp³-hybridized carbons (Fsp3) is 0.316. The van der Waals surface area contributed by atoms with E-state index in [2.05, 4.69) is 0 Å². The minimum absolute atomic E-state index is 0.0897. The zero-order valence-electron chi connectivity index (χ0n) is 13.9. The van der Waals surface area contributed by atoms with Crippen molar-refractivity contribution in [2.75, 3.05) is 0 Å². The average Bonchev–Trinajstić information content (AvgIpc) is 2.57. The molecule has 0 saturated carbocycles. The third-order valence-corrected chi connectivity index (χ3v) is 5.25. The minimum atomic E-state index is -1.47. The molecule has 2 aliphatic rings. The highest BCUT2D eigenvalue weighted by molar-refractivity contribution is 6.24. The standard InChI is InChI=1S/C19H17NO5/c1-11-10-13(6-7-15(11)20(24)25)18(23)19-12(2)4-3-5-14(19)16(21)8-9-17(19)22/h3-4,6-10,12,14H,5H2,1-2H3. The molecule has 25 heavy (non-hydrogen) atoms. The van der Waals surface area contributed by atoms with Crippen LogP contribution in [-0.4, -0.2) is 22.3 Å². The van der Waals surface area contributed by atoms with Gasteiger partial charge in [-0.25, -0.2) is 0 Å². The number of hydrogen-bond donors (Lipinski definition) is 0. The number of carbonyl (C=O) groups is 3. The van der Waals surface area contributed by atoms with E-state index < -0.39 is 28.0 Å². The average molecular weight is 339 g/mol. The molecule has 0 N–H and O–H groups in total. The number of nitro groups is 1. The van der Waals surface area contributed by atoms with E-state index in [4.69, 9.17) is 0 Å². The molecule has 0 saturated heterocycles. The van der Waals surface area contributed by atoms with Gasteiger partial charge in [-0.1, -0.05) is 19.1 Å². The molecule has 0 heterocycles. The lowest BCUT2D eigenvalue weighted by Crippen LogP contribution is -2.54. The number of Topliss-reactive ketones (excluding diaryl/α,β-unsaturated/α-hetero) is 1. The van der Waals surface area contributed by atoms with Crippen molar-refractivity contribution in [1.29, 1.82) is 0 Å². The molecule has 0 spiro atoms. The second kappa shape index (κ2) is 5.88. The van der Waals surface area contributed by atoms with E-state index in [-0.39, 0.29) is 22.8 Å². The van der Waals surface area contributed by atoms with Crippen molar-refractivity contribution in [1.82, 2.24) is 0 Å². The summed E-state index contributed by atoms with van der Waals surface area (Å²) >= 11 is 0. The molecule has 0 fully saturated rings. The number of hydrogen-bond acceptors (Lipinski definition) is 5. The van der Waals surface area contributed by atoms with E-state index in [1.807, 2.05) is 6.08 Å². The number of fused-ring (bicyclic) bond motifs is 1. The Morgan fingerprint density at radius 2 is 2.00 bits per heavy atom. The number of carbonyl (C=O) groups excluding carboxylic acids is 3. The van der Waals surface area contributed by atoms with E-state index >= 15 is 0 Å². The van der Waals surface area contributed by atoms with Crippen LogP contribution >= 0.6 is 0 Å². The van der Waals surface area contributed by atoms with Crippen LogP contribution in [0.15, 0.2) is 42.5 Å². The first-order valence-corrected chi connectivity index (χ1v) is 8.03. The Morgan fingerprint density at radius 3 is 2.64 bits per heavy atom. The van der Waals surface area contributed by atoms with Gasteiger partial charge >= 0.3 is 0 Å². The van der Waals surface area contributed by atoms with Gasteiger partial charge < -0.3 is 0 Å². The van der Waals surface area contributed by atoms with Gasteiger partial charge in [0.2, 0.25) is 0 Å². The van der Waals surface area contributed by atoms with Gasteiger partial charge in [-0.15, -0.1) is 0 Å². The summed E-state index contributed by atoms with van der Waals surface area (Å²) in [4.78, 5) is 48.9. The number of nitro benzene ring substituents is 1. The van der Waals surface area contributed by atoms with Crippen LogP contribution in [0.3, 0.4) is 0 Å². The van der Waals surface area contributed by atoms with Gasteiger partial charge in [-0.05, 0) is 43.5 Å². The van der Waals surface area contributed by atoms with Crippen LogP contribution in [0.4, 0.5) is 5.69 Å². The van der Waals surface area contributed by atoms with Crippen LogP contribution in [0.1, 0.15) is 29.3 Å². The minimum Gasteiger partial charge on any atom is -0.294 e. The number of nitrogens with zero attached hydrogens (tertiary/aromatic N) is 1. The number of allylic oxidation sites excluding steroid dienone is 4. The van der Waals surface area contributed by atoms with Gasteiger partial charge in [0.15, 0.2) is 17.3 Å². The van der Waals surface area contributed by atoms with Crippen LogP contribution < -0.4 is 0 Å². The van der Waals surface area contributed by atoms with Crippen molar-refractivity contribution in [3.8, 4) is 0 Å². The summed E-state index contributed by atoms with van der Waals surface area (Å²) in [6.07, 6.45) is 6.37. The SMILES string of the molecule is Cc1cc(C(=O)C23C(=O)C=CC(=O)C2CC=CC3C)ccc1[N+](=O)[O-]. The molecule has 0 radical (unpaired) electrons. The summed E-state index contributed by atoms with van der Waals surface area (Å²) in [5.74, 6) is -2.23. The quantitative estimate of drug-likeness (QED) is 0.277. The summed E-state index contributed by atoms with van der Waals surface area (Å²) < 4.78 is 0. The lowest BCUT2D eigenvalue weighted by Gasteiger charge is -2.43. The molecule has 6 heteroatoms. The van der Waals surface area contributed by atoms with Crippen molar-refractivity contribution in [2.45, 2.75) is 20.3 Å². The van der Waals surface area contributed by atoms with Gasteiger partial charge in [0.1, 0.15) is 5.41 Å². The van der Waals surface area contributed by atoms with Gasteiger partial charge in [0.05, 0.1) is 4.92 Å². The molecule has 0 bridgehead atoms. The Bertz CT molecular complexity index is 867. The van der Waals surface area contributed by atoms with E-state index in [1.54, 1.807) is 19.9 Å². The highest BCUT2D eigenvalue weighted by Crippen LogP contribution is 2.48. The number of aryl methyl sites for hydroxylation is 1. The Balaban J connectivity index is 2.16. The van der Waals surface area contributed by atoms with E-state index in [9.17, 15) is 24.5 Å². The lowest BCUT2D eigenvalue weighted by atomic mass is 9.54. The number of benzene rings is 1. The van der Waals surface area contributed by atoms with Crippen molar-refractivity contribution < 1.29 is 19.3 Å². The number of rotatable bonds is 3. The summed E-state index contributed by atoms with van der Waals surface area (Å²) in [5, 5.41) is 11.0. The zero-order chi connectivity index (χ0) is 18.4. The third-order valence-electron chi connectivity index (χ3n) is 5.25. The largest absolute Gasteiger partial charge is 0.294 e. The molecule has 3 rings (SSSR count). The van der Waals surface area contributed by atoms with Crippen LogP contribution in [0.5, 0.6) is 0 Å². The zero-order valence-corrected chi connectivity index (χ0v) is 13.9. The normalized spacial score (nSPS) is 27.9. The van der Waals surface area contributed by atoms with Crippen LogP contribution in [0.2, 0.25) is 0 Å². The summed E-state index contributed by atoms with van der Waals surface area (Å²) in [5.41, 5.74) is -1.00. The first kappa shape index (κ1) is 17.0. The summed E-state index contributed by atoms with van der Waals surface area (Å²) in [7, 11) is 0. The van der Waals surface area contributed by atoms with E-state index in [1.165, 1.54) is 30.4 Å². The maximum atomic E-state index is 13.3. The van der Waals surface area contributed by atoms with Crippen molar-refractivity contribution in [2.24, 2.45) is 17.3 Å². The fourth-order valence-electron chi connectivity index (χ4n) is 3.94. The molecular formula is C19H17NO5. The maximum absolute atomic E-state index is 13.3. The Kier molecular flexibility index (Phi) is 3.99. The second-order valence-electron chi connectivity index (χ2n) is 6.56. The maximum Gasteiger partial charge on any atom is 0.272 e. The molecule has 0 aromatic heterocycles. The predicted octanol–water partition coefficient (Wildman–Crippen LogP) is 2.99. The van der Waals surface area contributed by atoms with Gasteiger partial charge in [-0.3, -0.25) is 24.5 Å². The highest BCUT2D eigenvalue weighted by atomic mass is 16.6. The smallest absolute Gasteiger partial charge is 0.272 e. The first-order valence-electron chi connectivity index (χ1n) is 8.03. The lowest BCUT2D eigenvalue weighted by molar-refractivity contribution is -0.385. The van der Waals surface area contributed by atoms with Gasteiger partial charge in [0.25, 0.3) is 5.69 Å². The van der Waals surface area contributed by atoms with Crippen LogP contribution in [0, 0.1) is 34.3 Å². The Morgan fingerprint density at radius 1 is 1.28 bits per heavy atom. The van der Waals surface area contributed by atoms with Crippen molar-refractivity contribution in [3.63, 3.8) is 0 Å². The van der Waals surface area contributed by atoms with Crippen LogP contribution in [-0.2, 0) is 9.59 Å². The third kappa shape index (κ3) is 2.36. The summed E-state index contributed by atoms with van der Waals surface area (Å²) in [6, 6.07) is 4.05. The Labute approximate surface area is 144 Å². The molecular weight excluding hydrogens is 322 g/mol. The van der Waals surface area contributed by atoms with Gasteiger partial charge in [-0.2, -0.15) is 0 Å². The molecule has 1 aromatic carbocycles. The Hall–Kier alpha value is -2.89. The first-order chi connectivity index (χ1) is 11.8. The van der Waals surface area contributed by atoms with Crippen molar-refractivity contribution >= 4 is 23.0 Å². The second-order valence-corrected chi connectivity index (χ2v) is 6.56. The topological polar surface area (TPSA) is 94.3 Å². The monoisotopic (exact) mass is 339 g/mol. The number of ketones is 3. The van der Waals surface area contributed by atoms with Gasteiger partial charge in [0, 0.05) is 23.1 Å². The molecule has 0 amide bonds. The molecule has 0 aliphatic heterocycles. The van der Waals surface area contributed by atoms with E-state index in [0.717, 1.165) is 0 Å². The van der Waals surface area contributed by atoms with E-state index in [0.29, 0.717) is 12.0 Å². The molecule has 3 unspecified atom stereocenters.